The molecular weight excluding hydrogens is 707 g/mol. The average Bonchev–Trinajstić information content (AvgIpc) is 3.07. The summed E-state index contributed by atoms with van der Waals surface area (Å²) in [7, 11) is 0. The molecule has 0 radical (unpaired) electrons. The van der Waals surface area contributed by atoms with Gasteiger partial charge in [0.1, 0.15) is 12.1 Å². The van der Waals surface area contributed by atoms with E-state index in [0.717, 1.165) is 25.7 Å². The number of carbonyl (C=O) groups excluding carboxylic acids is 6. The Morgan fingerprint density at radius 2 is 0.673 bits per heavy atom. The van der Waals surface area contributed by atoms with Gasteiger partial charge in [0, 0.05) is 24.8 Å². The van der Waals surface area contributed by atoms with Gasteiger partial charge in [-0.1, -0.05) is 142 Å². The number of hydrogen-bond donors (Lipinski definition) is 2. The van der Waals surface area contributed by atoms with Crippen LogP contribution in [0.2, 0.25) is 0 Å². The zero-order valence-corrected chi connectivity index (χ0v) is 38.3. The van der Waals surface area contributed by atoms with E-state index in [1.54, 1.807) is 0 Å². The number of unbranched alkanes of at least 4 members (excludes halogenated alkanes) is 20. The van der Waals surface area contributed by atoms with Crippen LogP contribution in [0.4, 0.5) is 0 Å². The van der Waals surface area contributed by atoms with E-state index in [1.807, 2.05) is 0 Å². The summed E-state index contributed by atoms with van der Waals surface area (Å²) >= 11 is 0. The van der Waals surface area contributed by atoms with Gasteiger partial charge in [-0.15, -0.1) is 0 Å². The molecule has 0 amide bonds. The zero-order chi connectivity index (χ0) is 37.8. The first-order chi connectivity index (χ1) is 23.9. The quantitative estimate of drug-likeness (QED) is 0.0373. The molecule has 2 atom stereocenters. The number of esters is 4. The predicted molar refractivity (Wildman–Crippen MR) is 189 cm³/mol. The first kappa shape index (κ1) is 58.5. The zero-order valence-electron chi connectivity index (χ0n) is 33.2. The molecule has 0 bridgehead atoms. The predicted octanol–water partition coefficient (Wildman–Crippen LogP) is -0.763. The number of ether oxygens (including phenoxy) is 2. The Balaban J connectivity index is -0.000000427. The molecule has 0 rings (SSSR count). The Morgan fingerprint density at radius 3 is 0.904 bits per heavy atom. The van der Waals surface area contributed by atoms with Crippen LogP contribution in [0.5, 0.6) is 0 Å². The molecule has 0 unspecified atom stereocenters. The van der Waals surface area contributed by atoms with E-state index in [9.17, 15) is 39.0 Å². The van der Waals surface area contributed by atoms with E-state index < -0.39 is 47.9 Å². The van der Waals surface area contributed by atoms with Gasteiger partial charge in [0.25, 0.3) is 0 Å². The third-order valence-corrected chi connectivity index (χ3v) is 8.32. The maximum absolute atomic E-state index is 11.5. The molecule has 0 aliphatic rings. The van der Waals surface area contributed by atoms with Crippen molar-refractivity contribution in [3.05, 3.63) is 0 Å². The summed E-state index contributed by atoms with van der Waals surface area (Å²) in [6.45, 7) is 4.44. The molecule has 12 nitrogen and oxygen atoms in total. The number of nitrogens with two attached hydrogens (primary N) is 2. The van der Waals surface area contributed by atoms with Crippen molar-refractivity contribution in [2.75, 3.05) is 0 Å². The normalized spacial score (nSPS) is 11.5. The van der Waals surface area contributed by atoms with E-state index in [-0.39, 0.29) is 119 Å². The molecule has 292 valence electrons. The Kier molecular flexibility index (Phi) is 48.9. The van der Waals surface area contributed by atoms with E-state index in [2.05, 4.69) is 23.3 Å². The molecule has 0 saturated carbocycles. The Morgan fingerprint density at radius 1 is 0.442 bits per heavy atom. The summed E-state index contributed by atoms with van der Waals surface area (Å²) in [5, 5.41) is 20.6. The summed E-state index contributed by atoms with van der Waals surface area (Å²) in [5.74, 6) is -5.48. The van der Waals surface area contributed by atoms with Gasteiger partial charge < -0.3 is 40.7 Å². The minimum absolute atomic E-state index is 0. The minimum Gasteiger partial charge on any atom is -0.550 e. The maximum atomic E-state index is 11.5. The molecule has 0 aromatic carbocycles. The molecule has 0 aliphatic heterocycles. The van der Waals surface area contributed by atoms with Crippen LogP contribution in [-0.4, -0.2) is 47.9 Å². The largest absolute Gasteiger partial charge is 1.00 e. The number of carboxylic acid groups (broad SMARTS) is 2. The second kappa shape index (κ2) is 43.5. The smallest absolute Gasteiger partial charge is 0.550 e. The molecule has 0 fully saturated rings. The minimum atomic E-state index is -1.28. The van der Waals surface area contributed by atoms with Gasteiger partial charge in [-0.25, -0.2) is 9.59 Å². The fraction of sp³-hybridized carbons (Fsp3) is 0.842. The second-order valence-electron chi connectivity index (χ2n) is 13.2. The van der Waals surface area contributed by atoms with Crippen molar-refractivity contribution in [1.82, 2.24) is 0 Å². The van der Waals surface area contributed by atoms with Crippen molar-refractivity contribution < 1.29 is 129 Å². The van der Waals surface area contributed by atoms with Crippen LogP contribution >= 0.6 is 0 Å². The number of carboxylic acids is 2. The van der Waals surface area contributed by atoms with Gasteiger partial charge in [-0.05, 0) is 38.5 Å². The fourth-order valence-corrected chi connectivity index (χ4v) is 5.13. The summed E-state index contributed by atoms with van der Waals surface area (Å²) < 4.78 is 9.24. The second-order valence-corrected chi connectivity index (χ2v) is 13.2. The van der Waals surface area contributed by atoms with Crippen LogP contribution in [0, 0.1) is 0 Å². The van der Waals surface area contributed by atoms with Crippen molar-refractivity contribution in [1.29, 1.82) is 0 Å². The van der Waals surface area contributed by atoms with Crippen LogP contribution in [0.1, 0.15) is 194 Å². The number of carbonyl (C=O) groups is 6. The molecule has 0 aromatic rings. The molecule has 0 spiro atoms. The maximum Gasteiger partial charge on any atom is 1.00 e. The van der Waals surface area contributed by atoms with E-state index in [4.69, 9.17) is 11.5 Å². The first-order valence-corrected chi connectivity index (χ1v) is 19.3. The number of hydrogen-bond acceptors (Lipinski definition) is 12. The summed E-state index contributed by atoms with van der Waals surface area (Å²) in [4.78, 5) is 66.6. The molecular formula is C38H68KN2NaO10. The monoisotopic (exact) mass is 774 g/mol. The van der Waals surface area contributed by atoms with Gasteiger partial charge in [0.05, 0.1) is 0 Å². The summed E-state index contributed by atoms with van der Waals surface area (Å²) in [5.41, 5.74) is 10.9. The summed E-state index contributed by atoms with van der Waals surface area (Å²) in [6.07, 6.45) is 25.6. The molecule has 0 aromatic heterocycles. The van der Waals surface area contributed by atoms with Crippen LogP contribution in [-0.2, 0) is 38.2 Å². The van der Waals surface area contributed by atoms with Crippen LogP contribution < -0.4 is 103 Å². The molecule has 0 heterocycles. The Bertz CT molecular complexity index is 854. The molecule has 0 aliphatic carbocycles. The van der Waals surface area contributed by atoms with Crippen molar-refractivity contribution in [3.63, 3.8) is 0 Å². The molecule has 4 N–H and O–H groups in total. The average molecular weight is 775 g/mol. The van der Waals surface area contributed by atoms with Gasteiger partial charge in [0.2, 0.25) is 0 Å². The molecule has 14 heteroatoms. The Labute approximate surface area is 378 Å². The van der Waals surface area contributed by atoms with E-state index in [0.29, 0.717) is 12.8 Å². The summed E-state index contributed by atoms with van der Waals surface area (Å²) in [6, 6.07) is -2.20. The van der Waals surface area contributed by atoms with E-state index >= 15 is 0 Å². The van der Waals surface area contributed by atoms with Gasteiger partial charge in [-0.3, -0.25) is 9.59 Å². The van der Waals surface area contributed by atoms with Crippen molar-refractivity contribution in [3.8, 4) is 0 Å². The van der Waals surface area contributed by atoms with E-state index in [1.165, 1.54) is 103 Å². The Hall–Kier alpha value is -0.224. The fourth-order valence-electron chi connectivity index (χ4n) is 5.13. The third-order valence-electron chi connectivity index (χ3n) is 8.32. The van der Waals surface area contributed by atoms with Crippen LogP contribution in [0.3, 0.4) is 0 Å². The first-order valence-electron chi connectivity index (χ1n) is 19.3. The van der Waals surface area contributed by atoms with Gasteiger partial charge >= 0.3 is 105 Å². The van der Waals surface area contributed by atoms with Gasteiger partial charge in [0.15, 0.2) is 0 Å². The van der Waals surface area contributed by atoms with Crippen LogP contribution in [0.15, 0.2) is 0 Å². The van der Waals surface area contributed by atoms with Crippen LogP contribution in [0.25, 0.3) is 0 Å². The van der Waals surface area contributed by atoms with Gasteiger partial charge in [-0.2, -0.15) is 0 Å². The van der Waals surface area contributed by atoms with Crippen molar-refractivity contribution in [2.45, 2.75) is 206 Å². The standard InChI is InChI=1S/2C19H35NO5.K.Na/c2*1-2-3-4-5-6-7-8-9-10-11-12-13-18(23)25-19(24)16(20)14-15-17(21)22;;/h2*16H,2-15,20H2,1H3,(H,21,22);;/q;;2*+1/p-2/t2*16-;;/m00../s1. The molecule has 0 saturated heterocycles. The van der Waals surface area contributed by atoms with Crippen molar-refractivity contribution in [2.24, 2.45) is 11.5 Å². The number of aliphatic carboxylic acids is 2. The number of rotatable bonds is 32. The SMILES string of the molecule is CCCCCCCCCCCCCC(=O)OC(=O)[C@@H](N)CCC(=O)[O-].CCCCCCCCCCCCCC(=O)OC(=O)[C@@H](N)CCC(=O)[O-].[K+].[Na+]. The molecule has 52 heavy (non-hydrogen) atoms. The third kappa shape index (κ3) is 44.2. The topological polar surface area (TPSA) is 219 Å². The van der Waals surface area contributed by atoms with Crippen molar-refractivity contribution >= 4 is 35.8 Å².